The lowest BCUT2D eigenvalue weighted by Crippen LogP contribution is -2.42. The molecule has 2 aromatic carbocycles. The fourth-order valence-corrected chi connectivity index (χ4v) is 5.01. The van der Waals surface area contributed by atoms with E-state index in [9.17, 15) is 9.18 Å². The van der Waals surface area contributed by atoms with E-state index in [1.165, 1.54) is 23.5 Å². The van der Waals surface area contributed by atoms with Gasteiger partial charge >= 0.3 is 0 Å². The molecule has 180 valence electrons. The molecule has 2 N–H and O–H groups in total. The molecule has 4 aromatic rings. The van der Waals surface area contributed by atoms with E-state index < -0.39 is 0 Å². The smallest absolute Gasteiger partial charge is 0.283 e. The SMILES string of the molecule is Nc1nccc(-c2ccc3nc(C(=O)N(CCN4CCOCC4)Cc4cccc(F)c4)sc3c2)n1. The van der Waals surface area contributed by atoms with Gasteiger partial charge in [0, 0.05) is 44.5 Å². The van der Waals surface area contributed by atoms with Gasteiger partial charge in [0.25, 0.3) is 5.91 Å². The molecule has 0 unspecified atom stereocenters. The van der Waals surface area contributed by atoms with Crippen molar-refractivity contribution >= 4 is 33.4 Å². The maximum Gasteiger partial charge on any atom is 0.283 e. The topological polar surface area (TPSA) is 97.5 Å². The predicted octanol–water partition coefficient (Wildman–Crippen LogP) is 3.45. The van der Waals surface area contributed by atoms with Gasteiger partial charge in [-0.25, -0.2) is 19.3 Å². The number of ether oxygens (including phenoxy) is 1. The summed E-state index contributed by atoms with van der Waals surface area (Å²) < 4.78 is 20.1. The number of nitrogen functional groups attached to an aromatic ring is 1. The molecule has 0 radical (unpaired) electrons. The molecule has 8 nitrogen and oxygen atoms in total. The molecule has 1 saturated heterocycles. The summed E-state index contributed by atoms with van der Waals surface area (Å²) in [5, 5.41) is 0.401. The second-order valence-corrected chi connectivity index (χ2v) is 9.34. The predicted molar refractivity (Wildman–Crippen MR) is 133 cm³/mol. The molecule has 1 aliphatic heterocycles. The Hall–Kier alpha value is -3.47. The number of carbonyl (C=O) groups excluding carboxylic acids is 1. The van der Waals surface area contributed by atoms with E-state index in [2.05, 4.69) is 19.9 Å². The van der Waals surface area contributed by atoms with Crippen LogP contribution in [0.5, 0.6) is 0 Å². The highest BCUT2D eigenvalue weighted by molar-refractivity contribution is 7.20. The standard InChI is InChI=1S/C25H25FN6O2S/c26-19-3-1-2-17(14-19)16-32(9-8-31-10-12-34-13-11-31)24(33)23-29-21-5-4-18(15-22(21)35-23)20-6-7-28-25(27)30-20/h1-7,14-15H,8-13,16H2,(H2,27,28,30). The number of carbonyl (C=O) groups is 1. The summed E-state index contributed by atoms with van der Waals surface area (Å²) >= 11 is 1.34. The van der Waals surface area contributed by atoms with Crippen LogP contribution in [0, 0.1) is 5.82 Å². The lowest BCUT2D eigenvalue weighted by molar-refractivity contribution is 0.0320. The Morgan fingerprint density at radius 2 is 2.00 bits per heavy atom. The van der Waals surface area contributed by atoms with Crippen LogP contribution in [0.4, 0.5) is 10.3 Å². The molecule has 1 amide bonds. The normalized spacial score (nSPS) is 14.3. The van der Waals surface area contributed by atoms with Crippen molar-refractivity contribution < 1.29 is 13.9 Å². The molecule has 1 aliphatic rings. The first-order valence-electron chi connectivity index (χ1n) is 11.4. The zero-order valence-electron chi connectivity index (χ0n) is 19.1. The van der Waals surface area contributed by atoms with Crippen molar-refractivity contribution in [1.29, 1.82) is 0 Å². The molecule has 5 rings (SSSR count). The third-order valence-corrected chi connectivity index (χ3v) is 6.89. The first-order chi connectivity index (χ1) is 17.0. The van der Waals surface area contributed by atoms with E-state index in [0.29, 0.717) is 43.5 Å². The molecule has 0 atom stereocenters. The van der Waals surface area contributed by atoms with Gasteiger partial charge in [0.2, 0.25) is 5.95 Å². The van der Waals surface area contributed by atoms with E-state index in [1.54, 1.807) is 23.2 Å². The number of benzene rings is 2. The monoisotopic (exact) mass is 492 g/mol. The minimum absolute atomic E-state index is 0.170. The van der Waals surface area contributed by atoms with Gasteiger partial charge in [-0.1, -0.05) is 18.2 Å². The second kappa shape index (κ2) is 10.4. The number of halogens is 1. The highest BCUT2D eigenvalue weighted by Crippen LogP contribution is 2.28. The number of nitrogens with two attached hydrogens (primary N) is 1. The maximum absolute atomic E-state index is 13.8. The highest BCUT2D eigenvalue weighted by atomic mass is 32.1. The summed E-state index contributed by atoms with van der Waals surface area (Å²) in [5.41, 5.74) is 8.79. The van der Waals surface area contributed by atoms with Crippen molar-refractivity contribution in [1.82, 2.24) is 24.8 Å². The van der Waals surface area contributed by atoms with Crippen LogP contribution in [0.3, 0.4) is 0 Å². The van der Waals surface area contributed by atoms with Crippen LogP contribution < -0.4 is 5.73 Å². The summed E-state index contributed by atoms with van der Waals surface area (Å²) in [4.78, 5) is 30.4. The third-order valence-electron chi connectivity index (χ3n) is 5.88. The van der Waals surface area contributed by atoms with Crippen molar-refractivity contribution in [2.24, 2.45) is 0 Å². The molecule has 0 aliphatic carbocycles. The van der Waals surface area contributed by atoms with Gasteiger partial charge in [-0.05, 0) is 35.9 Å². The van der Waals surface area contributed by atoms with E-state index in [1.807, 2.05) is 24.3 Å². The average Bonchev–Trinajstić information content (AvgIpc) is 3.30. The van der Waals surface area contributed by atoms with Crippen molar-refractivity contribution in [2.75, 3.05) is 45.1 Å². The lowest BCUT2D eigenvalue weighted by atomic mass is 10.1. The Morgan fingerprint density at radius 3 is 2.80 bits per heavy atom. The van der Waals surface area contributed by atoms with Gasteiger partial charge in [-0.15, -0.1) is 11.3 Å². The molecular weight excluding hydrogens is 467 g/mol. The quantitative estimate of drug-likeness (QED) is 0.422. The number of amides is 1. The van der Waals surface area contributed by atoms with E-state index >= 15 is 0 Å². The van der Waals surface area contributed by atoms with Crippen LogP contribution in [0.2, 0.25) is 0 Å². The van der Waals surface area contributed by atoms with E-state index in [-0.39, 0.29) is 17.7 Å². The van der Waals surface area contributed by atoms with E-state index in [4.69, 9.17) is 10.5 Å². The minimum Gasteiger partial charge on any atom is -0.379 e. The van der Waals surface area contributed by atoms with Gasteiger partial charge in [0.05, 0.1) is 29.1 Å². The van der Waals surface area contributed by atoms with Crippen LogP contribution in [-0.2, 0) is 11.3 Å². The zero-order valence-corrected chi connectivity index (χ0v) is 19.9. The number of aromatic nitrogens is 3. The fourth-order valence-electron chi connectivity index (χ4n) is 4.04. The fraction of sp³-hybridized carbons (Fsp3) is 0.280. The van der Waals surface area contributed by atoms with Crippen LogP contribution >= 0.6 is 11.3 Å². The van der Waals surface area contributed by atoms with Crippen molar-refractivity contribution in [3.05, 3.63) is 71.1 Å². The largest absolute Gasteiger partial charge is 0.379 e. The molecule has 0 bridgehead atoms. The van der Waals surface area contributed by atoms with Crippen LogP contribution in [0.25, 0.3) is 21.5 Å². The van der Waals surface area contributed by atoms with Crippen LogP contribution in [0.15, 0.2) is 54.7 Å². The summed E-state index contributed by atoms with van der Waals surface area (Å²) in [6.45, 7) is 4.58. The van der Waals surface area contributed by atoms with Crippen molar-refractivity contribution in [2.45, 2.75) is 6.54 Å². The highest BCUT2D eigenvalue weighted by Gasteiger charge is 2.22. The number of thiazole rings is 1. The summed E-state index contributed by atoms with van der Waals surface area (Å²) in [5.74, 6) is -0.284. The molecular formula is C25H25FN6O2S. The van der Waals surface area contributed by atoms with Gasteiger partial charge < -0.3 is 15.4 Å². The number of hydrogen-bond donors (Lipinski definition) is 1. The molecule has 10 heteroatoms. The lowest BCUT2D eigenvalue weighted by Gasteiger charge is -2.30. The van der Waals surface area contributed by atoms with Gasteiger partial charge in [-0.2, -0.15) is 0 Å². The minimum atomic E-state index is -0.319. The summed E-state index contributed by atoms with van der Waals surface area (Å²) in [7, 11) is 0. The second-order valence-electron chi connectivity index (χ2n) is 8.31. The Morgan fingerprint density at radius 1 is 1.14 bits per heavy atom. The molecule has 0 spiro atoms. The number of fused-ring (bicyclic) bond motifs is 1. The first-order valence-corrected chi connectivity index (χ1v) is 12.2. The van der Waals surface area contributed by atoms with E-state index in [0.717, 1.165) is 34.4 Å². The number of hydrogen-bond acceptors (Lipinski definition) is 8. The van der Waals surface area contributed by atoms with Gasteiger partial charge in [0.1, 0.15) is 5.82 Å². The molecule has 2 aromatic heterocycles. The van der Waals surface area contributed by atoms with Crippen molar-refractivity contribution in [3.8, 4) is 11.3 Å². The number of anilines is 1. The summed E-state index contributed by atoms with van der Waals surface area (Å²) in [6.07, 6.45) is 1.61. The molecule has 3 heterocycles. The first kappa shape index (κ1) is 23.3. The Kier molecular flexibility index (Phi) is 6.94. The van der Waals surface area contributed by atoms with Crippen LogP contribution in [0.1, 0.15) is 15.4 Å². The average molecular weight is 493 g/mol. The van der Waals surface area contributed by atoms with Crippen molar-refractivity contribution in [3.63, 3.8) is 0 Å². The number of morpholine rings is 1. The Balaban J connectivity index is 1.40. The summed E-state index contributed by atoms with van der Waals surface area (Å²) in [6, 6.07) is 13.9. The Labute approximate surface area is 206 Å². The molecule has 0 saturated carbocycles. The van der Waals surface area contributed by atoms with Crippen LogP contribution in [-0.4, -0.2) is 70.1 Å². The zero-order chi connectivity index (χ0) is 24.2. The van der Waals surface area contributed by atoms with Gasteiger partial charge in [0.15, 0.2) is 5.01 Å². The Bertz CT molecular complexity index is 1340. The number of rotatable bonds is 7. The molecule has 35 heavy (non-hydrogen) atoms. The molecule has 1 fully saturated rings. The maximum atomic E-state index is 13.8. The number of nitrogens with zero attached hydrogens (tertiary/aromatic N) is 5. The third kappa shape index (κ3) is 5.61. The van der Waals surface area contributed by atoms with Gasteiger partial charge in [-0.3, -0.25) is 9.69 Å².